The molecule has 96 valence electrons. The van der Waals surface area contributed by atoms with Gasteiger partial charge in [0.25, 0.3) is 0 Å². The standard InChI is InChI=1S/C11H21N5O/c1-6-7(2)17-8(3)11(6)9(12)5-10-13-15-16(4)14-10/h6-9,11H,5,12H2,1-4H3. The van der Waals surface area contributed by atoms with E-state index in [-0.39, 0.29) is 18.2 Å². The summed E-state index contributed by atoms with van der Waals surface area (Å²) in [6.45, 7) is 6.39. The van der Waals surface area contributed by atoms with Crippen LogP contribution in [0.3, 0.4) is 0 Å². The summed E-state index contributed by atoms with van der Waals surface area (Å²) in [5, 5.41) is 12.0. The molecule has 0 spiro atoms. The molecule has 2 heterocycles. The summed E-state index contributed by atoms with van der Waals surface area (Å²) in [5.74, 6) is 1.53. The third kappa shape index (κ3) is 2.47. The van der Waals surface area contributed by atoms with Crippen molar-refractivity contribution >= 4 is 0 Å². The molecule has 17 heavy (non-hydrogen) atoms. The van der Waals surface area contributed by atoms with E-state index in [0.717, 1.165) is 0 Å². The highest BCUT2D eigenvalue weighted by molar-refractivity contribution is 4.94. The Morgan fingerprint density at radius 2 is 2.06 bits per heavy atom. The number of aryl methyl sites for hydroxylation is 1. The third-order valence-electron chi connectivity index (χ3n) is 3.78. The van der Waals surface area contributed by atoms with Crippen LogP contribution in [-0.2, 0) is 18.2 Å². The van der Waals surface area contributed by atoms with Crippen LogP contribution in [0.2, 0.25) is 0 Å². The zero-order valence-corrected chi connectivity index (χ0v) is 10.9. The molecule has 2 rings (SSSR count). The van der Waals surface area contributed by atoms with Crippen LogP contribution in [-0.4, -0.2) is 38.5 Å². The molecule has 5 atom stereocenters. The molecule has 6 nitrogen and oxygen atoms in total. The molecule has 0 aromatic carbocycles. The Labute approximate surface area is 102 Å². The maximum atomic E-state index is 6.27. The molecule has 0 amide bonds. The highest BCUT2D eigenvalue weighted by atomic mass is 16.5. The molecule has 1 aliphatic heterocycles. The summed E-state index contributed by atoms with van der Waals surface area (Å²) in [4.78, 5) is 1.46. The third-order valence-corrected chi connectivity index (χ3v) is 3.78. The van der Waals surface area contributed by atoms with Gasteiger partial charge in [-0.3, -0.25) is 0 Å². The van der Waals surface area contributed by atoms with Gasteiger partial charge in [0.05, 0.1) is 19.3 Å². The minimum atomic E-state index is 0.0224. The van der Waals surface area contributed by atoms with Gasteiger partial charge in [0.2, 0.25) is 0 Å². The van der Waals surface area contributed by atoms with Gasteiger partial charge in [-0.25, -0.2) is 0 Å². The van der Waals surface area contributed by atoms with Gasteiger partial charge in [0, 0.05) is 18.4 Å². The zero-order valence-electron chi connectivity index (χ0n) is 10.9. The van der Waals surface area contributed by atoms with E-state index in [1.54, 1.807) is 7.05 Å². The van der Waals surface area contributed by atoms with E-state index >= 15 is 0 Å². The molecule has 1 aliphatic rings. The monoisotopic (exact) mass is 239 g/mol. The fraction of sp³-hybridized carbons (Fsp3) is 0.909. The Kier molecular flexibility index (Phi) is 3.44. The normalized spacial score (nSPS) is 35.1. The molecule has 6 heteroatoms. The summed E-state index contributed by atoms with van der Waals surface area (Å²) in [7, 11) is 1.76. The van der Waals surface area contributed by atoms with Crippen molar-refractivity contribution in [2.24, 2.45) is 24.6 Å². The Hall–Kier alpha value is -1.01. The molecule has 5 unspecified atom stereocenters. The summed E-state index contributed by atoms with van der Waals surface area (Å²) < 4.78 is 5.81. The van der Waals surface area contributed by atoms with E-state index in [0.29, 0.717) is 24.1 Å². The molecule has 1 aromatic heterocycles. The van der Waals surface area contributed by atoms with Crippen molar-refractivity contribution in [3.8, 4) is 0 Å². The van der Waals surface area contributed by atoms with Gasteiger partial charge in [0.1, 0.15) is 0 Å². The average molecular weight is 239 g/mol. The smallest absolute Gasteiger partial charge is 0.176 e. The van der Waals surface area contributed by atoms with Crippen LogP contribution in [0.5, 0.6) is 0 Å². The predicted octanol–water partition coefficient (Wildman–Crippen LogP) is 0.139. The summed E-state index contributed by atoms with van der Waals surface area (Å²) in [6.07, 6.45) is 1.13. The average Bonchev–Trinajstić information content (AvgIpc) is 2.73. The fourth-order valence-corrected chi connectivity index (χ4v) is 2.78. The van der Waals surface area contributed by atoms with E-state index in [1.165, 1.54) is 4.80 Å². The van der Waals surface area contributed by atoms with Crippen molar-refractivity contribution in [2.45, 2.75) is 45.4 Å². The van der Waals surface area contributed by atoms with Crippen molar-refractivity contribution in [3.63, 3.8) is 0 Å². The lowest BCUT2D eigenvalue weighted by molar-refractivity contribution is 0.0489. The van der Waals surface area contributed by atoms with Crippen LogP contribution in [0.25, 0.3) is 0 Å². The van der Waals surface area contributed by atoms with Crippen molar-refractivity contribution in [2.75, 3.05) is 0 Å². The Morgan fingerprint density at radius 3 is 2.53 bits per heavy atom. The highest BCUT2D eigenvalue weighted by Crippen LogP contribution is 2.34. The van der Waals surface area contributed by atoms with E-state index in [4.69, 9.17) is 10.5 Å². The number of tetrazole rings is 1. The van der Waals surface area contributed by atoms with Gasteiger partial charge >= 0.3 is 0 Å². The quantitative estimate of drug-likeness (QED) is 0.811. The first kappa shape index (κ1) is 12.4. The molecule has 0 radical (unpaired) electrons. The van der Waals surface area contributed by atoms with Crippen molar-refractivity contribution in [1.82, 2.24) is 20.2 Å². The maximum absolute atomic E-state index is 6.27. The topological polar surface area (TPSA) is 78.9 Å². The molecule has 0 bridgehead atoms. The Balaban J connectivity index is 2.02. The number of hydrogen-bond acceptors (Lipinski definition) is 5. The summed E-state index contributed by atoms with van der Waals surface area (Å²) in [5.41, 5.74) is 6.27. The van der Waals surface area contributed by atoms with E-state index < -0.39 is 0 Å². The van der Waals surface area contributed by atoms with E-state index in [1.807, 2.05) is 0 Å². The molecule has 0 aliphatic carbocycles. The van der Waals surface area contributed by atoms with Crippen LogP contribution in [0.4, 0.5) is 0 Å². The second-order valence-electron chi connectivity index (χ2n) is 5.05. The first-order valence-corrected chi connectivity index (χ1v) is 6.13. The lowest BCUT2D eigenvalue weighted by atomic mass is 9.82. The molecule has 1 fully saturated rings. The van der Waals surface area contributed by atoms with E-state index in [9.17, 15) is 0 Å². The van der Waals surface area contributed by atoms with Crippen molar-refractivity contribution in [1.29, 1.82) is 0 Å². The number of hydrogen-bond donors (Lipinski definition) is 1. The van der Waals surface area contributed by atoms with E-state index in [2.05, 4.69) is 36.2 Å². The maximum Gasteiger partial charge on any atom is 0.176 e. The molecule has 2 N–H and O–H groups in total. The Morgan fingerprint density at radius 1 is 1.35 bits per heavy atom. The minimum Gasteiger partial charge on any atom is -0.375 e. The van der Waals surface area contributed by atoms with Gasteiger partial charge in [-0.2, -0.15) is 4.80 Å². The largest absolute Gasteiger partial charge is 0.375 e. The van der Waals surface area contributed by atoms with Crippen LogP contribution in [0.15, 0.2) is 0 Å². The van der Waals surface area contributed by atoms with Crippen LogP contribution in [0.1, 0.15) is 26.6 Å². The SMILES string of the molecule is CC1OC(C)C(C(N)Cc2nnn(C)n2)C1C. The lowest BCUT2D eigenvalue weighted by Gasteiger charge is -2.24. The fourth-order valence-electron chi connectivity index (χ4n) is 2.78. The molecular weight excluding hydrogens is 218 g/mol. The number of nitrogens with zero attached hydrogens (tertiary/aromatic N) is 4. The summed E-state index contributed by atoms with van der Waals surface area (Å²) >= 11 is 0. The number of aromatic nitrogens is 4. The van der Waals surface area contributed by atoms with Gasteiger partial charge in [-0.05, 0) is 25.0 Å². The summed E-state index contributed by atoms with van der Waals surface area (Å²) in [6, 6.07) is 0.0224. The van der Waals surface area contributed by atoms with Crippen LogP contribution < -0.4 is 5.73 Å². The Bertz CT molecular complexity index is 380. The van der Waals surface area contributed by atoms with Crippen molar-refractivity contribution in [3.05, 3.63) is 5.82 Å². The van der Waals surface area contributed by atoms with Gasteiger partial charge < -0.3 is 10.5 Å². The van der Waals surface area contributed by atoms with Crippen molar-refractivity contribution < 1.29 is 4.74 Å². The molecule has 1 saturated heterocycles. The zero-order chi connectivity index (χ0) is 12.6. The predicted molar refractivity (Wildman–Crippen MR) is 63.1 cm³/mol. The number of rotatable bonds is 3. The second-order valence-corrected chi connectivity index (χ2v) is 5.05. The number of ether oxygens (including phenoxy) is 1. The molecule has 1 aromatic rings. The first-order chi connectivity index (χ1) is 7.99. The van der Waals surface area contributed by atoms with Crippen LogP contribution >= 0.6 is 0 Å². The first-order valence-electron chi connectivity index (χ1n) is 6.13. The van der Waals surface area contributed by atoms with Gasteiger partial charge in [-0.15, -0.1) is 10.2 Å². The second kappa shape index (κ2) is 4.70. The number of nitrogens with two attached hydrogens (primary N) is 1. The lowest BCUT2D eigenvalue weighted by Crippen LogP contribution is -2.39. The highest BCUT2D eigenvalue weighted by Gasteiger charge is 2.40. The van der Waals surface area contributed by atoms with Crippen LogP contribution in [0, 0.1) is 11.8 Å². The minimum absolute atomic E-state index is 0.0224. The van der Waals surface area contributed by atoms with Gasteiger partial charge in [0.15, 0.2) is 5.82 Å². The molecule has 0 saturated carbocycles. The van der Waals surface area contributed by atoms with Gasteiger partial charge in [-0.1, -0.05) is 6.92 Å². The molecular formula is C11H21N5O.